The lowest BCUT2D eigenvalue weighted by Gasteiger charge is -2.37. The van der Waals surface area contributed by atoms with E-state index in [4.69, 9.17) is 18.6 Å². The number of aromatic amines is 1. The van der Waals surface area contributed by atoms with Gasteiger partial charge in [0, 0.05) is 27.6 Å². The minimum atomic E-state index is -0.975. The Kier molecular flexibility index (Phi) is 6.86. The standard InChI is InChI=1S/C31H39FNO5Si/c1-29(2,3)28(38-39(8)9)26-23(36-31(6,7)37-26)16-35-18-11-13-19-21(15-18)30(4,5)27-24(25(19)34)20-12-10-17(32)14-22(20)33-27/h10-15,23,26,28,33H,16H2,1-9H3/t23?,26-,28+/m1/s1. The van der Waals surface area contributed by atoms with Crippen LogP contribution in [0.4, 0.5) is 4.39 Å². The number of carbonyl (C=O) groups is 1. The lowest BCUT2D eigenvalue weighted by Crippen LogP contribution is -2.48. The van der Waals surface area contributed by atoms with Crippen molar-refractivity contribution in [2.24, 2.45) is 5.41 Å². The van der Waals surface area contributed by atoms with Gasteiger partial charge in [0.15, 0.2) is 11.6 Å². The fourth-order valence-corrected chi connectivity index (χ4v) is 6.88. The molecule has 2 aromatic carbocycles. The van der Waals surface area contributed by atoms with E-state index in [1.807, 2.05) is 32.0 Å². The van der Waals surface area contributed by atoms with Crippen LogP contribution in [0.15, 0.2) is 36.4 Å². The van der Waals surface area contributed by atoms with Crippen molar-refractivity contribution in [2.75, 3.05) is 6.61 Å². The van der Waals surface area contributed by atoms with Gasteiger partial charge in [0.25, 0.3) is 0 Å². The summed E-state index contributed by atoms with van der Waals surface area (Å²) in [4.78, 5) is 16.9. The zero-order chi connectivity index (χ0) is 28.5. The number of rotatable bonds is 6. The molecule has 3 atom stereocenters. The Bertz CT molecular complexity index is 1420. The molecule has 1 fully saturated rings. The van der Waals surface area contributed by atoms with Gasteiger partial charge in [-0.15, -0.1) is 0 Å². The van der Waals surface area contributed by atoms with E-state index in [0.717, 1.165) is 16.6 Å². The predicted octanol–water partition coefficient (Wildman–Crippen LogP) is 6.76. The van der Waals surface area contributed by atoms with Gasteiger partial charge in [-0.3, -0.25) is 4.79 Å². The molecule has 1 N–H and O–H groups in total. The molecule has 0 amide bonds. The number of hydrogen-bond acceptors (Lipinski definition) is 5. The highest BCUT2D eigenvalue weighted by atomic mass is 28.3. The van der Waals surface area contributed by atoms with Crippen LogP contribution in [0.25, 0.3) is 10.9 Å². The summed E-state index contributed by atoms with van der Waals surface area (Å²) in [6.45, 7) is 19.0. The molecule has 39 heavy (non-hydrogen) atoms. The summed E-state index contributed by atoms with van der Waals surface area (Å²) < 4.78 is 39.3. The molecular weight excluding hydrogens is 513 g/mol. The van der Waals surface area contributed by atoms with Gasteiger partial charge in [-0.05, 0) is 74.3 Å². The first-order valence-electron chi connectivity index (χ1n) is 13.5. The second-order valence-corrected chi connectivity index (χ2v) is 15.0. The van der Waals surface area contributed by atoms with E-state index in [-0.39, 0.29) is 41.9 Å². The SMILES string of the molecule is C[Si](C)O[C@@H]([C@@H]1OC(C)(C)OC1COc1ccc2c(c1)C(C)(C)c1[nH]c3cc(F)ccc3c1C2=O)C(C)(C)C. The molecule has 2 aliphatic rings. The van der Waals surface area contributed by atoms with Crippen LogP contribution in [-0.2, 0) is 19.3 Å². The fraction of sp³-hybridized carbons (Fsp3) is 0.516. The highest BCUT2D eigenvalue weighted by Gasteiger charge is 2.49. The third-order valence-corrected chi connectivity index (χ3v) is 8.40. The lowest BCUT2D eigenvalue weighted by molar-refractivity contribution is -0.160. The van der Waals surface area contributed by atoms with Crippen molar-refractivity contribution in [1.82, 2.24) is 4.98 Å². The quantitative estimate of drug-likeness (QED) is 0.342. The van der Waals surface area contributed by atoms with E-state index in [2.05, 4.69) is 52.7 Å². The maximum absolute atomic E-state index is 13.9. The molecule has 1 aliphatic carbocycles. The average Bonchev–Trinajstić information content (AvgIpc) is 3.36. The number of hydrogen-bond donors (Lipinski definition) is 1. The van der Waals surface area contributed by atoms with Crippen LogP contribution < -0.4 is 4.74 Å². The van der Waals surface area contributed by atoms with Crippen LogP contribution in [0.2, 0.25) is 13.1 Å². The third-order valence-electron chi connectivity index (χ3n) is 7.67. The molecule has 1 unspecified atom stereocenters. The molecule has 1 aromatic heterocycles. The summed E-state index contributed by atoms with van der Waals surface area (Å²) >= 11 is 0. The van der Waals surface area contributed by atoms with Gasteiger partial charge in [-0.1, -0.05) is 34.6 Å². The monoisotopic (exact) mass is 552 g/mol. The Morgan fingerprint density at radius 1 is 1.08 bits per heavy atom. The normalized spacial score (nSPS) is 22.7. The van der Waals surface area contributed by atoms with Crippen molar-refractivity contribution in [3.8, 4) is 5.75 Å². The van der Waals surface area contributed by atoms with Crippen molar-refractivity contribution < 1.29 is 27.8 Å². The molecule has 3 aromatic rings. The molecule has 0 bridgehead atoms. The Morgan fingerprint density at radius 3 is 2.46 bits per heavy atom. The number of halogens is 1. The molecule has 5 rings (SSSR count). The highest BCUT2D eigenvalue weighted by molar-refractivity contribution is 6.48. The van der Waals surface area contributed by atoms with Gasteiger partial charge in [0.2, 0.25) is 9.04 Å². The van der Waals surface area contributed by atoms with Gasteiger partial charge in [-0.2, -0.15) is 0 Å². The molecule has 0 saturated carbocycles. The topological polar surface area (TPSA) is 69.8 Å². The second kappa shape index (κ2) is 9.54. The smallest absolute Gasteiger partial charge is 0.205 e. The first-order valence-corrected chi connectivity index (χ1v) is 16.0. The summed E-state index contributed by atoms with van der Waals surface area (Å²) in [5.74, 6) is -0.514. The van der Waals surface area contributed by atoms with Crippen LogP contribution in [-0.4, -0.2) is 50.5 Å². The summed E-state index contributed by atoms with van der Waals surface area (Å²) in [5.41, 5.74) is 2.85. The molecule has 6 nitrogen and oxygen atoms in total. The van der Waals surface area contributed by atoms with Crippen LogP contribution in [0.3, 0.4) is 0 Å². The van der Waals surface area contributed by atoms with E-state index < -0.39 is 20.2 Å². The van der Waals surface area contributed by atoms with Crippen molar-refractivity contribution in [1.29, 1.82) is 0 Å². The minimum Gasteiger partial charge on any atom is -0.491 e. The number of ether oxygens (including phenoxy) is 3. The predicted molar refractivity (Wildman–Crippen MR) is 151 cm³/mol. The number of aromatic nitrogens is 1. The Morgan fingerprint density at radius 2 is 1.79 bits per heavy atom. The highest BCUT2D eigenvalue weighted by Crippen LogP contribution is 2.45. The Hall–Kier alpha value is -2.52. The summed E-state index contributed by atoms with van der Waals surface area (Å²) in [6, 6.07) is 10.1. The summed E-state index contributed by atoms with van der Waals surface area (Å²) in [7, 11) is -0.975. The van der Waals surface area contributed by atoms with Gasteiger partial charge in [0.1, 0.15) is 30.4 Å². The number of fused-ring (bicyclic) bond motifs is 4. The average molecular weight is 553 g/mol. The van der Waals surface area contributed by atoms with Crippen LogP contribution in [0.1, 0.15) is 75.6 Å². The zero-order valence-electron chi connectivity index (χ0n) is 24.3. The molecule has 0 spiro atoms. The third kappa shape index (κ3) is 5.08. The van der Waals surface area contributed by atoms with Gasteiger partial charge in [0.05, 0.1) is 11.7 Å². The van der Waals surface area contributed by atoms with Gasteiger partial charge in [-0.25, -0.2) is 4.39 Å². The van der Waals surface area contributed by atoms with E-state index in [1.54, 1.807) is 6.07 Å². The number of carbonyl (C=O) groups excluding carboxylic acids is 1. The molecule has 8 heteroatoms. The Balaban J connectivity index is 1.43. The maximum atomic E-state index is 13.9. The van der Waals surface area contributed by atoms with E-state index in [0.29, 0.717) is 22.4 Å². The van der Waals surface area contributed by atoms with E-state index in [1.165, 1.54) is 12.1 Å². The molecule has 1 saturated heterocycles. The van der Waals surface area contributed by atoms with Crippen molar-refractivity contribution >= 4 is 25.7 Å². The lowest BCUT2D eigenvalue weighted by atomic mass is 9.71. The molecule has 2 heterocycles. The number of ketones is 1. The number of benzene rings is 2. The van der Waals surface area contributed by atoms with Crippen LogP contribution >= 0.6 is 0 Å². The van der Waals surface area contributed by atoms with E-state index in [9.17, 15) is 9.18 Å². The molecule has 209 valence electrons. The summed E-state index contributed by atoms with van der Waals surface area (Å²) in [6.07, 6.45) is -0.765. The number of H-pyrrole nitrogens is 1. The maximum Gasteiger partial charge on any atom is 0.205 e. The zero-order valence-corrected chi connectivity index (χ0v) is 25.3. The molecular formula is C31H39FNO5Si. The molecule has 1 radical (unpaired) electrons. The van der Waals surface area contributed by atoms with Crippen LogP contribution in [0.5, 0.6) is 5.75 Å². The van der Waals surface area contributed by atoms with Gasteiger partial charge < -0.3 is 23.6 Å². The van der Waals surface area contributed by atoms with Crippen molar-refractivity contribution in [3.05, 3.63) is 64.6 Å². The summed E-state index contributed by atoms with van der Waals surface area (Å²) in [5, 5.41) is 0.738. The first kappa shape index (κ1) is 28.0. The largest absolute Gasteiger partial charge is 0.491 e. The van der Waals surface area contributed by atoms with Crippen LogP contribution in [0, 0.1) is 11.2 Å². The number of nitrogens with one attached hydrogen (secondary N) is 1. The fourth-order valence-electron chi connectivity index (χ4n) is 5.89. The minimum absolute atomic E-state index is 0.0695. The second-order valence-electron chi connectivity index (χ2n) is 13.0. The van der Waals surface area contributed by atoms with Crippen molar-refractivity contribution in [2.45, 2.75) is 91.1 Å². The van der Waals surface area contributed by atoms with Gasteiger partial charge >= 0.3 is 0 Å². The Labute approximate surface area is 231 Å². The first-order chi connectivity index (χ1) is 18.1. The van der Waals surface area contributed by atoms with E-state index >= 15 is 0 Å². The van der Waals surface area contributed by atoms with Crippen molar-refractivity contribution in [3.63, 3.8) is 0 Å². The molecule has 1 aliphatic heterocycles.